The Balaban J connectivity index is 1.80. The summed E-state index contributed by atoms with van der Waals surface area (Å²) < 4.78 is 2.09. The van der Waals surface area contributed by atoms with Crippen molar-refractivity contribution in [2.24, 2.45) is 5.73 Å². The molecule has 0 aliphatic heterocycles. The fourth-order valence-corrected chi connectivity index (χ4v) is 2.38. The maximum Gasteiger partial charge on any atom is 0.169 e. The molecule has 0 spiro atoms. The van der Waals surface area contributed by atoms with E-state index in [1.807, 2.05) is 0 Å². The second kappa shape index (κ2) is 6.33. The third kappa shape index (κ3) is 3.36. The SMILES string of the molecule is NCC[n+]1ccc(/C=C/c2ccc3ccccc3c2)cc1. The highest BCUT2D eigenvalue weighted by molar-refractivity contribution is 5.85. The van der Waals surface area contributed by atoms with E-state index < -0.39 is 0 Å². The molecule has 3 aromatic rings. The molecule has 0 radical (unpaired) electrons. The van der Waals surface area contributed by atoms with Gasteiger partial charge in [-0.25, -0.2) is 4.57 Å². The maximum atomic E-state index is 5.54. The molecule has 0 unspecified atom stereocenters. The first-order chi connectivity index (χ1) is 10.3. The molecule has 2 aromatic carbocycles. The number of benzene rings is 2. The van der Waals surface area contributed by atoms with Gasteiger partial charge in [0.15, 0.2) is 18.9 Å². The number of hydrogen-bond donors (Lipinski definition) is 1. The Kier molecular flexibility index (Phi) is 4.08. The molecule has 2 N–H and O–H groups in total. The summed E-state index contributed by atoms with van der Waals surface area (Å²) in [6.07, 6.45) is 8.41. The standard InChI is InChI=1S/C19H19N2/c20-11-14-21-12-9-16(10-13-21)5-6-17-7-8-18-3-1-2-4-19(18)15-17/h1-10,12-13,15H,11,14,20H2/q+1/b6-5+. The first-order valence-electron chi connectivity index (χ1n) is 7.21. The van der Waals surface area contributed by atoms with Crippen LogP contribution in [0.15, 0.2) is 67.0 Å². The van der Waals surface area contributed by atoms with Crippen LogP contribution < -0.4 is 10.3 Å². The average molecular weight is 275 g/mol. The lowest BCUT2D eigenvalue weighted by molar-refractivity contribution is -0.694. The molecule has 0 bridgehead atoms. The van der Waals surface area contributed by atoms with Gasteiger partial charge in [0.05, 0.1) is 6.54 Å². The summed E-state index contributed by atoms with van der Waals surface area (Å²) >= 11 is 0. The van der Waals surface area contributed by atoms with Crippen LogP contribution in [0.5, 0.6) is 0 Å². The Hall–Kier alpha value is -2.45. The molecule has 2 heteroatoms. The van der Waals surface area contributed by atoms with Gasteiger partial charge >= 0.3 is 0 Å². The average Bonchev–Trinajstić information content (AvgIpc) is 2.54. The van der Waals surface area contributed by atoms with Crippen LogP contribution in [0.1, 0.15) is 11.1 Å². The Morgan fingerprint density at radius 1 is 0.810 bits per heavy atom. The van der Waals surface area contributed by atoms with Crippen molar-refractivity contribution in [3.63, 3.8) is 0 Å². The normalized spacial score (nSPS) is 11.3. The van der Waals surface area contributed by atoms with Crippen LogP contribution in [-0.2, 0) is 6.54 Å². The van der Waals surface area contributed by atoms with Gasteiger partial charge in [-0.05, 0) is 28.0 Å². The number of aromatic nitrogens is 1. The van der Waals surface area contributed by atoms with E-state index in [0.29, 0.717) is 6.54 Å². The number of fused-ring (bicyclic) bond motifs is 1. The second-order valence-electron chi connectivity index (χ2n) is 5.10. The van der Waals surface area contributed by atoms with Gasteiger partial charge in [-0.1, -0.05) is 48.6 Å². The van der Waals surface area contributed by atoms with E-state index in [1.165, 1.54) is 21.9 Å². The second-order valence-corrected chi connectivity index (χ2v) is 5.10. The van der Waals surface area contributed by atoms with E-state index >= 15 is 0 Å². The van der Waals surface area contributed by atoms with Crippen molar-refractivity contribution in [3.05, 3.63) is 78.1 Å². The van der Waals surface area contributed by atoms with Gasteiger partial charge in [0, 0.05) is 12.1 Å². The first-order valence-corrected chi connectivity index (χ1v) is 7.21. The summed E-state index contributed by atoms with van der Waals surface area (Å²) in [6.45, 7) is 1.52. The Bertz CT molecular complexity index is 758. The molecule has 0 atom stereocenters. The minimum atomic E-state index is 0.664. The molecule has 0 amide bonds. The van der Waals surface area contributed by atoms with Gasteiger partial charge in [0.1, 0.15) is 0 Å². The fraction of sp³-hybridized carbons (Fsp3) is 0.105. The summed E-state index contributed by atoms with van der Waals surface area (Å²) in [7, 11) is 0. The predicted molar refractivity (Wildman–Crippen MR) is 88.6 cm³/mol. The number of nitrogens with zero attached hydrogens (tertiary/aromatic N) is 1. The monoisotopic (exact) mass is 275 g/mol. The molecule has 104 valence electrons. The van der Waals surface area contributed by atoms with Crippen LogP contribution in [0.4, 0.5) is 0 Å². The highest BCUT2D eigenvalue weighted by Gasteiger charge is 1.97. The molecule has 1 aromatic heterocycles. The lowest BCUT2D eigenvalue weighted by Crippen LogP contribution is -2.36. The largest absolute Gasteiger partial charge is 0.325 e. The molecule has 2 nitrogen and oxygen atoms in total. The van der Waals surface area contributed by atoms with Gasteiger partial charge in [-0.15, -0.1) is 0 Å². The van der Waals surface area contributed by atoms with Crippen molar-refractivity contribution in [2.75, 3.05) is 6.54 Å². The summed E-state index contributed by atoms with van der Waals surface area (Å²) in [5.74, 6) is 0. The third-order valence-corrected chi connectivity index (χ3v) is 3.55. The first kappa shape index (κ1) is 13.5. The Labute approximate surface area is 125 Å². The number of nitrogens with two attached hydrogens (primary N) is 1. The van der Waals surface area contributed by atoms with Crippen molar-refractivity contribution in [1.82, 2.24) is 0 Å². The number of pyridine rings is 1. The van der Waals surface area contributed by atoms with Crippen LogP contribution in [0, 0.1) is 0 Å². The molecular formula is C19H19N2+. The van der Waals surface area contributed by atoms with Gasteiger partial charge < -0.3 is 5.73 Å². The van der Waals surface area contributed by atoms with E-state index in [0.717, 1.165) is 6.54 Å². The Morgan fingerprint density at radius 2 is 1.52 bits per heavy atom. The summed E-state index contributed by atoms with van der Waals surface area (Å²) in [5, 5.41) is 2.55. The lowest BCUT2D eigenvalue weighted by Gasteiger charge is -1.99. The van der Waals surface area contributed by atoms with Gasteiger partial charge in [0.2, 0.25) is 0 Å². The summed E-state index contributed by atoms with van der Waals surface area (Å²) in [5.41, 5.74) is 7.95. The molecule has 21 heavy (non-hydrogen) atoms. The van der Waals surface area contributed by atoms with Crippen molar-refractivity contribution >= 4 is 22.9 Å². The van der Waals surface area contributed by atoms with E-state index in [-0.39, 0.29) is 0 Å². The molecule has 0 fully saturated rings. The molecule has 0 aliphatic rings. The maximum absolute atomic E-state index is 5.54. The number of rotatable bonds is 4. The van der Waals surface area contributed by atoms with Crippen LogP contribution >= 0.6 is 0 Å². The van der Waals surface area contributed by atoms with Crippen molar-refractivity contribution in [2.45, 2.75) is 6.54 Å². The van der Waals surface area contributed by atoms with Crippen LogP contribution in [0.2, 0.25) is 0 Å². The van der Waals surface area contributed by atoms with Crippen molar-refractivity contribution in [3.8, 4) is 0 Å². The summed E-state index contributed by atoms with van der Waals surface area (Å²) in [4.78, 5) is 0. The summed E-state index contributed by atoms with van der Waals surface area (Å²) in [6, 6.07) is 19.2. The topological polar surface area (TPSA) is 29.9 Å². The fourth-order valence-electron chi connectivity index (χ4n) is 2.38. The van der Waals surface area contributed by atoms with E-state index in [4.69, 9.17) is 5.73 Å². The molecule has 0 aliphatic carbocycles. The van der Waals surface area contributed by atoms with Crippen molar-refractivity contribution in [1.29, 1.82) is 0 Å². The zero-order chi connectivity index (χ0) is 14.5. The van der Waals surface area contributed by atoms with Crippen LogP contribution in [-0.4, -0.2) is 6.54 Å². The Morgan fingerprint density at radius 3 is 2.29 bits per heavy atom. The van der Waals surface area contributed by atoms with Crippen molar-refractivity contribution < 1.29 is 4.57 Å². The number of hydrogen-bond acceptors (Lipinski definition) is 1. The highest BCUT2D eigenvalue weighted by Crippen LogP contribution is 2.17. The molecule has 0 saturated carbocycles. The van der Waals surface area contributed by atoms with E-state index in [9.17, 15) is 0 Å². The highest BCUT2D eigenvalue weighted by atomic mass is 14.9. The zero-order valence-corrected chi connectivity index (χ0v) is 11.9. The zero-order valence-electron chi connectivity index (χ0n) is 11.9. The minimum Gasteiger partial charge on any atom is -0.325 e. The lowest BCUT2D eigenvalue weighted by atomic mass is 10.1. The minimum absolute atomic E-state index is 0.664. The molecule has 0 saturated heterocycles. The molecular weight excluding hydrogens is 256 g/mol. The smallest absolute Gasteiger partial charge is 0.169 e. The van der Waals surface area contributed by atoms with Crippen LogP contribution in [0.3, 0.4) is 0 Å². The predicted octanol–water partition coefficient (Wildman–Crippen LogP) is 3.26. The third-order valence-electron chi connectivity index (χ3n) is 3.55. The quantitative estimate of drug-likeness (QED) is 0.728. The van der Waals surface area contributed by atoms with Gasteiger partial charge in [-0.3, -0.25) is 0 Å². The molecule has 1 heterocycles. The van der Waals surface area contributed by atoms with Gasteiger partial charge in [0.25, 0.3) is 0 Å². The van der Waals surface area contributed by atoms with E-state index in [2.05, 4.69) is 83.7 Å². The molecule has 3 rings (SSSR count). The van der Waals surface area contributed by atoms with Crippen LogP contribution in [0.25, 0.3) is 22.9 Å². The van der Waals surface area contributed by atoms with E-state index in [1.54, 1.807) is 0 Å². The van der Waals surface area contributed by atoms with Gasteiger partial charge in [-0.2, -0.15) is 0 Å².